The Morgan fingerprint density at radius 3 is 2.39 bits per heavy atom. The SMILES string of the molecule is Cc1nnc(N2CCN(c3ncnc4ccc(Br)cc34)CC2)c(C(N)=O)c1C. The predicted molar refractivity (Wildman–Crippen MR) is 112 cm³/mol. The molecule has 3 heterocycles. The predicted octanol–water partition coefficient (Wildman–Crippen LogP) is 2.22. The Kier molecular flexibility index (Phi) is 4.84. The van der Waals surface area contributed by atoms with Gasteiger partial charge in [-0.15, -0.1) is 5.10 Å². The van der Waals surface area contributed by atoms with Gasteiger partial charge in [-0.05, 0) is 37.6 Å². The molecule has 2 aromatic heterocycles. The summed E-state index contributed by atoms with van der Waals surface area (Å²) in [7, 11) is 0. The Hall–Kier alpha value is -2.81. The van der Waals surface area contributed by atoms with Crippen molar-refractivity contribution in [2.24, 2.45) is 5.73 Å². The number of fused-ring (bicyclic) bond motifs is 1. The summed E-state index contributed by atoms with van der Waals surface area (Å²) in [6.07, 6.45) is 1.60. The molecule has 9 heteroatoms. The number of amides is 1. The summed E-state index contributed by atoms with van der Waals surface area (Å²) in [4.78, 5) is 25.2. The highest BCUT2D eigenvalue weighted by Gasteiger charge is 2.26. The maximum Gasteiger partial charge on any atom is 0.252 e. The summed E-state index contributed by atoms with van der Waals surface area (Å²) in [5, 5.41) is 9.46. The van der Waals surface area contributed by atoms with Crippen molar-refractivity contribution >= 4 is 44.4 Å². The number of hydrogen-bond donors (Lipinski definition) is 1. The first kappa shape index (κ1) is 18.5. The second-order valence-corrected chi connectivity index (χ2v) is 7.72. The molecule has 8 nitrogen and oxygen atoms in total. The lowest BCUT2D eigenvalue weighted by Gasteiger charge is -2.36. The van der Waals surface area contributed by atoms with Gasteiger partial charge >= 0.3 is 0 Å². The number of benzene rings is 1. The van der Waals surface area contributed by atoms with Crippen LogP contribution in [-0.2, 0) is 0 Å². The standard InChI is InChI=1S/C19H20BrN7O/c1-11-12(2)24-25-19(16(11)17(21)28)27-7-5-26(6-8-27)18-14-9-13(20)3-4-15(14)22-10-23-18/h3-4,9-10H,5-8H2,1-2H3,(H2,21,28). The Bertz CT molecular complexity index is 1060. The highest BCUT2D eigenvalue weighted by molar-refractivity contribution is 9.10. The minimum Gasteiger partial charge on any atom is -0.365 e. The smallest absolute Gasteiger partial charge is 0.252 e. The van der Waals surface area contributed by atoms with Crippen LogP contribution in [0.4, 0.5) is 11.6 Å². The molecule has 1 amide bonds. The van der Waals surface area contributed by atoms with Gasteiger partial charge in [-0.25, -0.2) is 9.97 Å². The van der Waals surface area contributed by atoms with E-state index in [-0.39, 0.29) is 0 Å². The van der Waals surface area contributed by atoms with Crippen molar-refractivity contribution in [2.75, 3.05) is 36.0 Å². The lowest BCUT2D eigenvalue weighted by Crippen LogP contribution is -2.48. The van der Waals surface area contributed by atoms with E-state index in [4.69, 9.17) is 5.73 Å². The summed E-state index contributed by atoms with van der Waals surface area (Å²) in [6, 6.07) is 5.99. The van der Waals surface area contributed by atoms with E-state index in [1.165, 1.54) is 0 Å². The zero-order valence-electron chi connectivity index (χ0n) is 15.7. The fourth-order valence-corrected chi connectivity index (χ4v) is 3.87. The van der Waals surface area contributed by atoms with Crippen molar-refractivity contribution in [3.8, 4) is 0 Å². The Morgan fingerprint density at radius 1 is 1.04 bits per heavy atom. The van der Waals surface area contributed by atoms with Crippen LogP contribution in [0.3, 0.4) is 0 Å². The second kappa shape index (κ2) is 7.31. The van der Waals surface area contributed by atoms with E-state index < -0.39 is 5.91 Å². The monoisotopic (exact) mass is 441 g/mol. The van der Waals surface area contributed by atoms with Crippen LogP contribution in [0.2, 0.25) is 0 Å². The molecule has 1 aliphatic heterocycles. The molecule has 0 radical (unpaired) electrons. The van der Waals surface area contributed by atoms with Crippen LogP contribution in [0.1, 0.15) is 21.6 Å². The zero-order valence-corrected chi connectivity index (χ0v) is 17.3. The number of rotatable bonds is 3. The first-order valence-corrected chi connectivity index (χ1v) is 9.79. The van der Waals surface area contributed by atoms with E-state index >= 15 is 0 Å². The third-order valence-corrected chi connectivity index (χ3v) is 5.63. The number of nitrogens with two attached hydrogens (primary N) is 1. The molecule has 2 N–H and O–H groups in total. The number of carbonyl (C=O) groups excluding carboxylic acids is 1. The molecule has 1 aliphatic rings. The minimum atomic E-state index is -0.473. The van der Waals surface area contributed by atoms with Crippen LogP contribution in [0.15, 0.2) is 29.0 Å². The first-order valence-electron chi connectivity index (χ1n) is 8.99. The van der Waals surface area contributed by atoms with Gasteiger partial charge in [0.25, 0.3) is 5.91 Å². The number of carbonyl (C=O) groups is 1. The summed E-state index contributed by atoms with van der Waals surface area (Å²) < 4.78 is 0.992. The van der Waals surface area contributed by atoms with Crippen molar-refractivity contribution in [1.82, 2.24) is 20.2 Å². The third-order valence-electron chi connectivity index (χ3n) is 5.14. The fraction of sp³-hybridized carbons (Fsp3) is 0.316. The molecule has 4 rings (SSSR count). The highest BCUT2D eigenvalue weighted by atomic mass is 79.9. The Labute approximate surface area is 170 Å². The number of piperazine rings is 1. The topological polar surface area (TPSA) is 101 Å². The van der Waals surface area contributed by atoms with Crippen LogP contribution in [-0.4, -0.2) is 52.3 Å². The maximum atomic E-state index is 12.0. The van der Waals surface area contributed by atoms with Gasteiger partial charge in [0.2, 0.25) is 0 Å². The Balaban J connectivity index is 1.61. The summed E-state index contributed by atoms with van der Waals surface area (Å²) >= 11 is 3.52. The molecule has 0 unspecified atom stereocenters. The number of hydrogen-bond acceptors (Lipinski definition) is 7. The molecule has 0 atom stereocenters. The normalized spacial score (nSPS) is 14.5. The molecule has 1 fully saturated rings. The average Bonchev–Trinajstić information content (AvgIpc) is 2.69. The summed E-state index contributed by atoms with van der Waals surface area (Å²) in [6.45, 7) is 6.55. The van der Waals surface area contributed by atoms with E-state index in [1.54, 1.807) is 6.33 Å². The average molecular weight is 442 g/mol. The van der Waals surface area contributed by atoms with Gasteiger partial charge in [-0.1, -0.05) is 15.9 Å². The van der Waals surface area contributed by atoms with Crippen LogP contribution in [0.5, 0.6) is 0 Å². The molecule has 3 aromatic rings. The lowest BCUT2D eigenvalue weighted by molar-refractivity contribution is 0.0999. The molecule has 1 aromatic carbocycles. The van der Waals surface area contributed by atoms with Crippen molar-refractivity contribution in [1.29, 1.82) is 0 Å². The number of aryl methyl sites for hydroxylation is 1. The van der Waals surface area contributed by atoms with Gasteiger partial charge in [0.1, 0.15) is 12.1 Å². The zero-order chi connectivity index (χ0) is 19.8. The number of halogens is 1. The van der Waals surface area contributed by atoms with Gasteiger partial charge in [0.05, 0.1) is 16.8 Å². The summed E-state index contributed by atoms with van der Waals surface area (Å²) in [5.74, 6) is 0.998. The van der Waals surface area contributed by atoms with E-state index in [2.05, 4.69) is 45.9 Å². The highest BCUT2D eigenvalue weighted by Crippen LogP contribution is 2.28. The largest absolute Gasteiger partial charge is 0.365 e. The van der Waals surface area contributed by atoms with Crippen LogP contribution < -0.4 is 15.5 Å². The number of anilines is 2. The number of nitrogens with zero attached hydrogens (tertiary/aromatic N) is 6. The van der Waals surface area contributed by atoms with E-state index in [0.717, 1.165) is 39.8 Å². The number of primary amides is 1. The molecule has 144 valence electrons. The van der Waals surface area contributed by atoms with Crippen molar-refractivity contribution in [3.05, 3.63) is 45.8 Å². The summed E-state index contributed by atoms with van der Waals surface area (Å²) in [5.41, 5.74) is 8.49. The molecule has 0 bridgehead atoms. The van der Waals surface area contributed by atoms with E-state index in [9.17, 15) is 4.79 Å². The van der Waals surface area contributed by atoms with Gasteiger partial charge in [-0.3, -0.25) is 4.79 Å². The minimum absolute atomic E-state index is 0.456. The molecule has 0 spiro atoms. The molecular weight excluding hydrogens is 422 g/mol. The van der Waals surface area contributed by atoms with Gasteiger partial charge in [-0.2, -0.15) is 5.10 Å². The van der Waals surface area contributed by atoms with E-state index in [0.29, 0.717) is 30.2 Å². The van der Waals surface area contributed by atoms with Crippen LogP contribution >= 0.6 is 15.9 Å². The fourth-order valence-electron chi connectivity index (χ4n) is 3.51. The molecule has 0 aliphatic carbocycles. The maximum absolute atomic E-state index is 12.0. The molecule has 1 saturated heterocycles. The van der Waals surface area contributed by atoms with Crippen LogP contribution in [0.25, 0.3) is 10.9 Å². The van der Waals surface area contributed by atoms with Crippen molar-refractivity contribution in [2.45, 2.75) is 13.8 Å². The second-order valence-electron chi connectivity index (χ2n) is 6.81. The van der Waals surface area contributed by atoms with Gasteiger partial charge < -0.3 is 15.5 Å². The van der Waals surface area contributed by atoms with Crippen LogP contribution in [0, 0.1) is 13.8 Å². The number of aromatic nitrogens is 4. The molecule has 28 heavy (non-hydrogen) atoms. The van der Waals surface area contributed by atoms with Crippen molar-refractivity contribution in [3.63, 3.8) is 0 Å². The van der Waals surface area contributed by atoms with Crippen molar-refractivity contribution < 1.29 is 4.79 Å². The van der Waals surface area contributed by atoms with Gasteiger partial charge in [0, 0.05) is 36.0 Å². The quantitative estimate of drug-likeness (QED) is 0.664. The molecule has 0 saturated carbocycles. The third kappa shape index (κ3) is 3.26. The lowest BCUT2D eigenvalue weighted by atomic mass is 10.1. The van der Waals surface area contributed by atoms with Gasteiger partial charge in [0.15, 0.2) is 5.82 Å². The molecular formula is C19H20BrN7O. The van der Waals surface area contributed by atoms with E-state index in [1.807, 2.05) is 32.0 Å². The Morgan fingerprint density at radius 2 is 1.71 bits per heavy atom. The first-order chi connectivity index (χ1) is 13.5.